The van der Waals surface area contributed by atoms with Gasteiger partial charge in [0, 0.05) is 5.56 Å². The van der Waals surface area contributed by atoms with Crippen molar-refractivity contribution in [2.24, 2.45) is 0 Å². The van der Waals surface area contributed by atoms with Crippen LogP contribution in [0.5, 0.6) is 5.75 Å². The molecule has 0 fully saturated rings. The van der Waals surface area contributed by atoms with Crippen LogP contribution in [0.2, 0.25) is 0 Å². The van der Waals surface area contributed by atoms with Gasteiger partial charge in [-0.2, -0.15) is 4.98 Å². The van der Waals surface area contributed by atoms with Gasteiger partial charge in [-0.3, -0.25) is 4.90 Å². The topological polar surface area (TPSA) is 89.7 Å². The zero-order valence-electron chi connectivity index (χ0n) is 19.3. The molecule has 8 heteroatoms. The van der Waals surface area contributed by atoms with Crippen molar-refractivity contribution in [1.82, 2.24) is 20.4 Å². The largest absolute Gasteiger partial charge is 0.496 e. The van der Waals surface area contributed by atoms with E-state index in [0.717, 1.165) is 5.56 Å². The molecule has 0 unspecified atom stereocenters. The zero-order valence-corrected chi connectivity index (χ0v) is 19.3. The Kier molecular flexibility index (Phi) is 7.15. The molecule has 1 N–H and O–H groups in total. The van der Waals surface area contributed by atoms with Crippen molar-refractivity contribution in [2.75, 3.05) is 21.2 Å². The highest BCUT2D eigenvalue weighted by Crippen LogP contribution is 2.31. The smallest absolute Gasteiger partial charge is 0.408 e. The number of rotatable bonds is 7. The van der Waals surface area contributed by atoms with E-state index in [1.165, 1.54) is 0 Å². The number of nitrogens with zero attached hydrogens (tertiary/aromatic N) is 3. The number of methoxy groups -OCH3 is 1. The van der Waals surface area contributed by atoms with E-state index >= 15 is 0 Å². The van der Waals surface area contributed by atoms with E-state index in [1.807, 2.05) is 73.6 Å². The molecule has 170 valence electrons. The van der Waals surface area contributed by atoms with Gasteiger partial charge in [0.2, 0.25) is 5.89 Å². The van der Waals surface area contributed by atoms with Crippen molar-refractivity contribution in [3.05, 3.63) is 77.4 Å². The molecule has 1 aromatic heterocycles. The number of carbonyl (C=O) groups excluding carboxylic acids is 1. The van der Waals surface area contributed by atoms with Crippen LogP contribution in [0.1, 0.15) is 55.7 Å². The molecule has 0 bridgehead atoms. The Morgan fingerprint density at radius 1 is 1.06 bits per heavy atom. The first kappa shape index (κ1) is 23.3. The number of nitrogens with one attached hydrogen (secondary N) is 1. The monoisotopic (exact) mass is 438 g/mol. The molecule has 0 radical (unpaired) electrons. The van der Waals surface area contributed by atoms with Crippen LogP contribution in [0.25, 0.3) is 0 Å². The molecular weight excluding hydrogens is 408 g/mol. The Labute approximate surface area is 188 Å². The van der Waals surface area contributed by atoms with Gasteiger partial charge in [0.25, 0.3) is 0 Å². The summed E-state index contributed by atoms with van der Waals surface area (Å²) in [6, 6.07) is 16.3. The minimum Gasteiger partial charge on any atom is -0.496 e. The summed E-state index contributed by atoms with van der Waals surface area (Å²) in [6.07, 6.45) is -0.591. The summed E-state index contributed by atoms with van der Waals surface area (Å²) < 4.78 is 16.6. The minimum absolute atomic E-state index is 0.239. The Balaban J connectivity index is 2.00. The van der Waals surface area contributed by atoms with Gasteiger partial charge in [-0.1, -0.05) is 53.7 Å². The maximum atomic E-state index is 12.6. The Bertz CT molecular complexity index is 1030. The van der Waals surface area contributed by atoms with Crippen LogP contribution in [0.4, 0.5) is 4.79 Å². The number of aromatic nitrogens is 2. The van der Waals surface area contributed by atoms with Crippen LogP contribution in [-0.2, 0) is 4.74 Å². The van der Waals surface area contributed by atoms with Crippen molar-refractivity contribution < 1.29 is 18.8 Å². The van der Waals surface area contributed by atoms with E-state index in [0.29, 0.717) is 23.0 Å². The highest BCUT2D eigenvalue weighted by atomic mass is 16.6. The molecule has 0 spiro atoms. The number of alkyl carbamates (subject to hydrolysis) is 1. The number of benzene rings is 2. The predicted octanol–water partition coefficient (Wildman–Crippen LogP) is 4.34. The molecule has 2 atom stereocenters. The van der Waals surface area contributed by atoms with Gasteiger partial charge in [0.15, 0.2) is 5.82 Å². The first-order valence-electron chi connectivity index (χ1n) is 10.4. The molecule has 0 aliphatic rings. The quantitative estimate of drug-likeness (QED) is 0.587. The molecule has 2 aromatic carbocycles. The third-order valence-corrected chi connectivity index (χ3v) is 4.69. The first-order chi connectivity index (χ1) is 15.2. The lowest BCUT2D eigenvalue weighted by Gasteiger charge is -2.23. The normalized spacial score (nSPS) is 13.5. The standard InChI is InChI=1S/C24H30N4O4/c1-24(2,3)31-23(29)25-19(17-14-10-11-15-18(17)30-6)21-26-22(32-27-21)20(28(4)5)16-12-8-7-9-13-16/h7-15,19-20H,1-6H3,(H,25,29)/t19-,20+/m0/s1. The highest BCUT2D eigenvalue weighted by Gasteiger charge is 2.30. The molecule has 0 aliphatic heterocycles. The zero-order chi connectivity index (χ0) is 23.3. The van der Waals surface area contributed by atoms with Gasteiger partial charge in [-0.05, 0) is 46.5 Å². The molecule has 32 heavy (non-hydrogen) atoms. The summed E-state index contributed by atoms with van der Waals surface area (Å²) in [4.78, 5) is 19.3. The van der Waals surface area contributed by atoms with E-state index < -0.39 is 17.7 Å². The summed E-state index contributed by atoms with van der Waals surface area (Å²) in [5.41, 5.74) is 1.05. The van der Waals surface area contributed by atoms with Crippen LogP contribution < -0.4 is 10.1 Å². The fraction of sp³-hybridized carbons (Fsp3) is 0.375. The predicted molar refractivity (Wildman–Crippen MR) is 120 cm³/mol. The van der Waals surface area contributed by atoms with Gasteiger partial charge in [-0.15, -0.1) is 0 Å². The third-order valence-electron chi connectivity index (χ3n) is 4.69. The fourth-order valence-corrected chi connectivity index (χ4v) is 3.38. The van der Waals surface area contributed by atoms with Crippen LogP contribution in [0.15, 0.2) is 59.1 Å². The molecule has 1 amide bonds. The second-order valence-electron chi connectivity index (χ2n) is 8.59. The van der Waals surface area contributed by atoms with Gasteiger partial charge in [0.05, 0.1) is 7.11 Å². The first-order valence-corrected chi connectivity index (χ1v) is 10.4. The van der Waals surface area contributed by atoms with E-state index in [9.17, 15) is 4.79 Å². The van der Waals surface area contributed by atoms with Gasteiger partial charge in [-0.25, -0.2) is 4.79 Å². The van der Waals surface area contributed by atoms with Crippen molar-refractivity contribution in [3.8, 4) is 5.75 Å². The summed E-state index contributed by atoms with van der Waals surface area (Å²) in [7, 11) is 5.46. The number of amides is 1. The van der Waals surface area contributed by atoms with Gasteiger partial charge >= 0.3 is 6.09 Å². The van der Waals surface area contributed by atoms with E-state index in [4.69, 9.17) is 14.0 Å². The Morgan fingerprint density at radius 3 is 2.34 bits per heavy atom. The molecule has 3 aromatic rings. The number of ether oxygens (including phenoxy) is 2. The second kappa shape index (κ2) is 9.82. The van der Waals surface area contributed by atoms with Crippen LogP contribution in [-0.4, -0.2) is 47.9 Å². The highest BCUT2D eigenvalue weighted by molar-refractivity contribution is 5.69. The lowest BCUT2D eigenvalue weighted by atomic mass is 10.0. The second-order valence-corrected chi connectivity index (χ2v) is 8.59. The summed E-state index contributed by atoms with van der Waals surface area (Å²) in [6.45, 7) is 5.41. The van der Waals surface area contributed by atoms with Gasteiger partial charge in [0.1, 0.15) is 23.4 Å². The number of para-hydroxylation sites is 1. The average molecular weight is 439 g/mol. The summed E-state index contributed by atoms with van der Waals surface area (Å²) >= 11 is 0. The number of hydrogen-bond acceptors (Lipinski definition) is 7. The van der Waals surface area contributed by atoms with Crippen molar-refractivity contribution in [2.45, 2.75) is 38.5 Å². The maximum absolute atomic E-state index is 12.6. The average Bonchev–Trinajstić information content (AvgIpc) is 3.20. The lowest BCUT2D eigenvalue weighted by molar-refractivity contribution is 0.0509. The molecule has 0 aliphatic carbocycles. The van der Waals surface area contributed by atoms with Gasteiger partial charge < -0.3 is 19.3 Å². The summed E-state index contributed by atoms with van der Waals surface area (Å²) in [5.74, 6) is 1.31. The van der Waals surface area contributed by atoms with Crippen LogP contribution in [0, 0.1) is 0 Å². The van der Waals surface area contributed by atoms with Crippen molar-refractivity contribution in [1.29, 1.82) is 0 Å². The van der Waals surface area contributed by atoms with E-state index in [1.54, 1.807) is 27.9 Å². The fourth-order valence-electron chi connectivity index (χ4n) is 3.38. The number of carbonyl (C=O) groups is 1. The van der Waals surface area contributed by atoms with Crippen LogP contribution in [0.3, 0.4) is 0 Å². The van der Waals surface area contributed by atoms with E-state index in [2.05, 4.69) is 15.5 Å². The summed E-state index contributed by atoms with van der Waals surface area (Å²) in [5, 5.41) is 7.07. The third kappa shape index (κ3) is 5.64. The van der Waals surface area contributed by atoms with Crippen molar-refractivity contribution in [3.63, 3.8) is 0 Å². The van der Waals surface area contributed by atoms with E-state index in [-0.39, 0.29) is 6.04 Å². The Morgan fingerprint density at radius 2 is 1.72 bits per heavy atom. The molecule has 3 rings (SSSR count). The Hall–Kier alpha value is -3.39. The van der Waals surface area contributed by atoms with Crippen LogP contribution >= 0.6 is 0 Å². The SMILES string of the molecule is COc1ccccc1[C@H](NC(=O)OC(C)(C)C)c1noc([C@@H](c2ccccc2)N(C)C)n1. The molecule has 8 nitrogen and oxygen atoms in total. The molecule has 0 saturated carbocycles. The molecule has 1 heterocycles. The lowest BCUT2D eigenvalue weighted by Crippen LogP contribution is -2.36. The minimum atomic E-state index is -0.725. The van der Waals surface area contributed by atoms with Crippen molar-refractivity contribution >= 4 is 6.09 Å². The maximum Gasteiger partial charge on any atom is 0.408 e. The molecule has 0 saturated heterocycles. The molecular formula is C24H30N4O4. The number of hydrogen-bond donors (Lipinski definition) is 1.